The van der Waals surface area contributed by atoms with Gasteiger partial charge in [-0.1, -0.05) is 33.6 Å². The average Bonchev–Trinajstić information content (AvgIpc) is 2.32. The second kappa shape index (κ2) is 6.13. The van der Waals surface area contributed by atoms with Crippen molar-refractivity contribution in [1.82, 2.24) is 5.32 Å². The van der Waals surface area contributed by atoms with Crippen molar-refractivity contribution in [2.75, 3.05) is 13.6 Å². The molecule has 2 heteroatoms. The molecule has 112 valence electrons. The molecule has 0 aliphatic heterocycles. The van der Waals surface area contributed by atoms with E-state index in [-0.39, 0.29) is 5.60 Å². The summed E-state index contributed by atoms with van der Waals surface area (Å²) in [5.74, 6) is 0.821. The van der Waals surface area contributed by atoms with Gasteiger partial charge in [0, 0.05) is 6.54 Å². The van der Waals surface area contributed by atoms with Gasteiger partial charge in [0.2, 0.25) is 0 Å². The minimum absolute atomic E-state index is 0.124. The molecular weight excluding hydrogens is 234 g/mol. The van der Waals surface area contributed by atoms with E-state index in [1.165, 1.54) is 51.4 Å². The summed E-state index contributed by atoms with van der Waals surface area (Å²) in [7, 11) is 2.06. The lowest BCUT2D eigenvalue weighted by Gasteiger charge is -2.44. The summed E-state index contributed by atoms with van der Waals surface area (Å²) in [6, 6.07) is 0. The first-order chi connectivity index (χ1) is 8.95. The van der Waals surface area contributed by atoms with Crippen LogP contribution in [-0.2, 0) is 4.74 Å². The molecule has 0 amide bonds. The highest BCUT2D eigenvalue weighted by molar-refractivity contribution is 4.91. The zero-order valence-electron chi connectivity index (χ0n) is 13.4. The highest BCUT2D eigenvalue weighted by Crippen LogP contribution is 2.41. The smallest absolute Gasteiger partial charge is 0.0812 e. The van der Waals surface area contributed by atoms with Gasteiger partial charge >= 0.3 is 0 Å². The van der Waals surface area contributed by atoms with Crippen LogP contribution in [0.4, 0.5) is 0 Å². The van der Waals surface area contributed by atoms with Gasteiger partial charge < -0.3 is 10.1 Å². The first-order valence-electron chi connectivity index (χ1n) is 8.27. The largest absolute Gasteiger partial charge is 0.370 e. The number of hydrogen-bond donors (Lipinski definition) is 1. The average molecular weight is 267 g/mol. The number of ether oxygens (including phenoxy) is 1. The number of hydrogen-bond acceptors (Lipinski definition) is 2. The summed E-state index contributed by atoms with van der Waals surface area (Å²) < 4.78 is 6.66. The van der Waals surface area contributed by atoms with Gasteiger partial charge in [-0.2, -0.15) is 0 Å². The Labute approximate surface area is 119 Å². The van der Waals surface area contributed by atoms with Crippen LogP contribution in [0.1, 0.15) is 72.1 Å². The van der Waals surface area contributed by atoms with Crippen LogP contribution in [0.25, 0.3) is 0 Å². The molecule has 0 aromatic rings. The Morgan fingerprint density at radius 2 is 1.79 bits per heavy atom. The second-order valence-electron chi connectivity index (χ2n) is 7.90. The van der Waals surface area contributed by atoms with Gasteiger partial charge in [0.15, 0.2) is 0 Å². The summed E-state index contributed by atoms with van der Waals surface area (Å²) in [5, 5.41) is 3.38. The molecule has 2 aliphatic rings. The van der Waals surface area contributed by atoms with E-state index < -0.39 is 0 Å². The van der Waals surface area contributed by atoms with Crippen LogP contribution in [0.5, 0.6) is 0 Å². The quantitative estimate of drug-likeness (QED) is 0.826. The fraction of sp³-hybridized carbons (Fsp3) is 1.00. The van der Waals surface area contributed by atoms with Crippen molar-refractivity contribution in [2.45, 2.75) is 83.8 Å². The molecule has 0 aromatic heterocycles. The molecule has 0 aromatic carbocycles. The number of rotatable bonds is 4. The van der Waals surface area contributed by atoms with E-state index in [2.05, 4.69) is 33.1 Å². The van der Waals surface area contributed by atoms with Crippen LogP contribution < -0.4 is 5.32 Å². The Bertz CT molecular complexity index is 275. The van der Waals surface area contributed by atoms with E-state index in [0.29, 0.717) is 11.5 Å². The van der Waals surface area contributed by atoms with Gasteiger partial charge in [-0.25, -0.2) is 0 Å². The lowest BCUT2D eigenvalue weighted by molar-refractivity contribution is -0.135. The molecule has 0 heterocycles. The molecule has 0 spiro atoms. The van der Waals surface area contributed by atoms with Gasteiger partial charge in [0.25, 0.3) is 0 Å². The molecule has 2 atom stereocenters. The van der Waals surface area contributed by atoms with Crippen molar-refractivity contribution in [3.05, 3.63) is 0 Å². The Balaban J connectivity index is 1.93. The van der Waals surface area contributed by atoms with Gasteiger partial charge in [0.1, 0.15) is 0 Å². The first-order valence-corrected chi connectivity index (χ1v) is 8.27. The zero-order valence-corrected chi connectivity index (χ0v) is 13.4. The zero-order chi connectivity index (χ0) is 13.9. The Kier molecular flexibility index (Phi) is 4.94. The van der Waals surface area contributed by atoms with Crippen molar-refractivity contribution in [3.8, 4) is 0 Å². The molecule has 0 radical (unpaired) electrons. The summed E-state index contributed by atoms with van der Waals surface area (Å²) in [6.07, 6.45) is 10.9. The first kappa shape index (κ1) is 15.3. The molecule has 19 heavy (non-hydrogen) atoms. The third kappa shape index (κ3) is 4.19. The molecule has 0 bridgehead atoms. The van der Waals surface area contributed by atoms with Gasteiger partial charge in [-0.05, 0) is 56.9 Å². The van der Waals surface area contributed by atoms with Crippen molar-refractivity contribution in [1.29, 1.82) is 0 Å². The monoisotopic (exact) mass is 267 g/mol. The van der Waals surface area contributed by atoms with E-state index in [4.69, 9.17) is 4.74 Å². The Hall–Kier alpha value is -0.0800. The SMILES string of the molecule is CNCC1(OC2CCC(C)(C)CC2)CCCC(C)C1. The topological polar surface area (TPSA) is 21.3 Å². The molecule has 1 N–H and O–H groups in total. The van der Waals surface area contributed by atoms with E-state index in [0.717, 1.165) is 12.5 Å². The number of likely N-dealkylation sites (N-methyl/N-ethyl adjacent to an activating group) is 1. The van der Waals surface area contributed by atoms with E-state index in [1.807, 2.05) is 0 Å². The molecule has 2 fully saturated rings. The van der Waals surface area contributed by atoms with Crippen LogP contribution in [0.2, 0.25) is 0 Å². The minimum Gasteiger partial charge on any atom is -0.370 e. The summed E-state index contributed by atoms with van der Waals surface area (Å²) >= 11 is 0. The molecular formula is C17H33NO. The Morgan fingerprint density at radius 3 is 2.37 bits per heavy atom. The van der Waals surface area contributed by atoms with E-state index >= 15 is 0 Å². The van der Waals surface area contributed by atoms with Crippen molar-refractivity contribution >= 4 is 0 Å². The van der Waals surface area contributed by atoms with Crippen LogP contribution in [-0.4, -0.2) is 25.3 Å². The van der Waals surface area contributed by atoms with Crippen LogP contribution >= 0.6 is 0 Å². The Morgan fingerprint density at radius 1 is 1.11 bits per heavy atom. The standard InChI is InChI=1S/C17H33NO/c1-14-6-5-9-17(12-14,13-18-4)19-15-7-10-16(2,3)11-8-15/h14-15,18H,5-13H2,1-4H3. The molecule has 2 unspecified atom stereocenters. The van der Waals surface area contributed by atoms with Crippen LogP contribution in [0, 0.1) is 11.3 Å². The lowest BCUT2D eigenvalue weighted by Crippen LogP contribution is -2.48. The van der Waals surface area contributed by atoms with Crippen LogP contribution in [0.3, 0.4) is 0 Å². The highest BCUT2D eigenvalue weighted by atomic mass is 16.5. The third-order valence-electron chi connectivity index (χ3n) is 5.25. The maximum atomic E-state index is 6.66. The van der Waals surface area contributed by atoms with Gasteiger partial charge in [-0.15, -0.1) is 0 Å². The summed E-state index contributed by atoms with van der Waals surface area (Å²) in [6.45, 7) is 8.21. The summed E-state index contributed by atoms with van der Waals surface area (Å²) in [5.41, 5.74) is 0.661. The third-order valence-corrected chi connectivity index (χ3v) is 5.25. The normalized spacial score (nSPS) is 36.3. The van der Waals surface area contributed by atoms with Gasteiger partial charge in [-0.3, -0.25) is 0 Å². The predicted molar refractivity (Wildman–Crippen MR) is 81.4 cm³/mol. The van der Waals surface area contributed by atoms with Crippen molar-refractivity contribution in [2.24, 2.45) is 11.3 Å². The molecule has 0 saturated heterocycles. The van der Waals surface area contributed by atoms with E-state index in [1.54, 1.807) is 0 Å². The fourth-order valence-electron chi connectivity index (χ4n) is 4.09. The van der Waals surface area contributed by atoms with Gasteiger partial charge in [0.05, 0.1) is 11.7 Å². The molecule has 2 nitrogen and oxygen atoms in total. The maximum Gasteiger partial charge on any atom is 0.0812 e. The molecule has 2 saturated carbocycles. The molecule has 2 aliphatic carbocycles. The highest BCUT2D eigenvalue weighted by Gasteiger charge is 2.39. The maximum absolute atomic E-state index is 6.66. The van der Waals surface area contributed by atoms with Crippen molar-refractivity contribution < 1.29 is 4.74 Å². The molecule has 2 rings (SSSR count). The van der Waals surface area contributed by atoms with Crippen molar-refractivity contribution in [3.63, 3.8) is 0 Å². The second-order valence-corrected chi connectivity index (χ2v) is 7.90. The fourth-order valence-corrected chi connectivity index (χ4v) is 4.09. The predicted octanol–water partition coefficient (Wildman–Crippen LogP) is 4.14. The minimum atomic E-state index is 0.124. The summed E-state index contributed by atoms with van der Waals surface area (Å²) in [4.78, 5) is 0. The van der Waals surface area contributed by atoms with Crippen LogP contribution in [0.15, 0.2) is 0 Å². The lowest BCUT2D eigenvalue weighted by atomic mass is 9.75. The van der Waals surface area contributed by atoms with E-state index in [9.17, 15) is 0 Å². The number of nitrogens with one attached hydrogen (secondary N) is 1.